The summed E-state index contributed by atoms with van der Waals surface area (Å²) in [5.41, 5.74) is 0. The molecule has 0 aliphatic heterocycles. The SMILES string of the molecule is CCCCCCCCCCCCCCC(=O)O[C@H](COC(=O)CCCCCCCCCCCC)COP(=O)(O)OC[C@H](O)COP(=O)(O)OC[C@@H](COC(=O)CCCCCCCCCCCCCCCCC(C)C)OC(=O)CCCCCCCCCCCCCCCCC(C)C. The summed E-state index contributed by atoms with van der Waals surface area (Å²) in [5.74, 6) is -0.518. The van der Waals surface area contributed by atoms with Crippen molar-refractivity contribution in [2.75, 3.05) is 39.6 Å². The summed E-state index contributed by atoms with van der Waals surface area (Å²) in [7, 11) is -9.91. The molecule has 570 valence electrons. The van der Waals surface area contributed by atoms with Crippen LogP contribution in [0.3, 0.4) is 0 Å². The molecule has 3 N–H and O–H groups in total. The van der Waals surface area contributed by atoms with Gasteiger partial charge in [-0.05, 0) is 37.5 Å². The molecular weight excluding hydrogens is 1260 g/mol. The minimum Gasteiger partial charge on any atom is -0.462 e. The number of carbonyl (C=O) groups is 4. The number of carbonyl (C=O) groups excluding carboxylic acids is 4. The van der Waals surface area contributed by atoms with Crippen molar-refractivity contribution < 1.29 is 80.2 Å². The lowest BCUT2D eigenvalue weighted by Gasteiger charge is -2.21. The Labute approximate surface area is 588 Å². The van der Waals surface area contributed by atoms with Gasteiger partial charge in [0.05, 0.1) is 26.4 Å². The number of rotatable bonds is 76. The summed E-state index contributed by atoms with van der Waals surface area (Å²) < 4.78 is 68.6. The second-order valence-electron chi connectivity index (χ2n) is 28.7. The Kier molecular flexibility index (Phi) is 67.4. The van der Waals surface area contributed by atoms with Crippen LogP contribution in [0.15, 0.2) is 0 Å². The summed E-state index contributed by atoms with van der Waals surface area (Å²) in [6, 6.07) is 0. The van der Waals surface area contributed by atoms with E-state index in [1.54, 1.807) is 0 Å². The molecule has 0 aromatic carbocycles. The maximum Gasteiger partial charge on any atom is 0.472 e. The molecule has 0 amide bonds. The topological polar surface area (TPSA) is 237 Å². The van der Waals surface area contributed by atoms with Gasteiger partial charge in [-0.25, -0.2) is 9.13 Å². The van der Waals surface area contributed by atoms with Crippen LogP contribution in [-0.2, 0) is 65.4 Å². The van der Waals surface area contributed by atoms with Gasteiger partial charge in [-0.2, -0.15) is 0 Å². The molecule has 0 fully saturated rings. The predicted octanol–water partition coefficient (Wildman–Crippen LogP) is 22.7. The molecule has 0 saturated carbocycles. The number of aliphatic hydroxyl groups is 1. The molecule has 0 aromatic heterocycles. The van der Waals surface area contributed by atoms with Crippen molar-refractivity contribution in [3.63, 3.8) is 0 Å². The largest absolute Gasteiger partial charge is 0.472 e. The maximum absolute atomic E-state index is 13.1. The van der Waals surface area contributed by atoms with E-state index in [2.05, 4.69) is 41.5 Å². The summed E-state index contributed by atoms with van der Waals surface area (Å²) in [4.78, 5) is 72.8. The number of phosphoric ester groups is 2. The molecule has 0 saturated heterocycles. The van der Waals surface area contributed by atoms with Crippen molar-refractivity contribution in [1.29, 1.82) is 0 Å². The van der Waals surface area contributed by atoms with Gasteiger partial charge in [0.25, 0.3) is 0 Å². The fourth-order valence-corrected chi connectivity index (χ4v) is 13.4. The van der Waals surface area contributed by atoms with E-state index in [1.807, 2.05) is 0 Å². The second kappa shape index (κ2) is 68.8. The van der Waals surface area contributed by atoms with Crippen LogP contribution >= 0.6 is 15.6 Å². The molecule has 96 heavy (non-hydrogen) atoms. The van der Waals surface area contributed by atoms with E-state index >= 15 is 0 Å². The van der Waals surface area contributed by atoms with Gasteiger partial charge < -0.3 is 33.8 Å². The van der Waals surface area contributed by atoms with E-state index in [-0.39, 0.29) is 25.7 Å². The van der Waals surface area contributed by atoms with E-state index in [4.69, 9.17) is 37.0 Å². The van der Waals surface area contributed by atoms with Crippen LogP contribution in [0.25, 0.3) is 0 Å². The van der Waals surface area contributed by atoms with E-state index in [0.29, 0.717) is 25.7 Å². The zero-order valence-electron chi connectivity index (χ0n) is 62.7. The van der Waals surface area contributed by atoms with Crippen molar-refractivity contribution in [2.24, 2.45) is 11.8 Å². The third kappa shape index (κ3) is 70.5. The Morgan fingerprint density at radius 1 is 0.281 bits per heavy atom. The van der Waals surface area contributed by atoms with E-state index in [9.17, 15) is 43.2 Å². The lowest BCUT2D eigenvalue weighted by Crippen LogP contribution is -2.30. The van der Waals surface area contributed by atoms with Crippen molar-refractivity contribution in [1.82, 2.24) is 0 Å². The highest BCUT2D eigenvalue weighted by Crippen LogP contribution is 2.45. The van der Waals surface area contributed by atoms with Gasteiger partial charge in [-0.3, -0.25) is 37.3 Å². The van der Waals surface area contributed by atoms with Crippen LogP contribution in [0.5, 0.6) is 0 Å². The van der Waals surface area contributed by atoms with Crippen molar-refractivity contribution >= 4 is 39.5 Å². The second-order valence-corrected chi connectivity index (χ2v) is 31.6. The Hall–Kier alpha value is -1.94. The Balaban J connectivity index is 5.24. The predicted molar refractivity (Wildman–Crippen MR) is 391 cm³/mol. The van der Waals surface area contributed by atoms with E-state index in [0.717, 1.165) is 102 Å². The first-order chi connectivity index (χ1) is 46.4. The first kappa shape index (κ1) is 94.1. The van der Waals surface area contributed by atoms with Crippen molar-refractivity contribution in [3.8, 4) is 0 Å². The van der Waals surface area contributed by atoms with E-state index in [1.165, 1.54) is 218 Å². The van der Waals surface area contributed by atoms with Gasteiger partial charge in [0.2, 0.25) is 0 Å². The molecule has 19 heteroatoms. The average Bonchev–Trinajstić information content (AvgIpc) is 1.38. The maximum atomic E-state index is 13.1. The molecule has 2 unspecified atom stereocenters. The van der Waals surface area contributed by atoms with Crippen LogP contribution in [0, 0.1) is 11.8 Å². The Morgan fingerprint density at radius 3 is 0.708 bits per heavy atom. The highest BCUT2D eigenvalue weighted by molar-refractivity contribution is 7.47. The lowest BCUT2D eigenvalue weighted by atomic mass is 10.0. The summed E-state index contributed by atoms with van der Waals surface area (Å²) >= 11 is 0. The molecule has 0 aliphatic rings. The lowest BCUT2D eigenvalue weighted by molar-refractivity contribution is -0.161. The van der Waals surface area contributed by atoms with Crippen LogP contribution in [0.1, 0.15) is 401 Å². The first-order valence-electron chi connectivity index (χ1n) is 40.0. The normalized spacial score (nSPS) is 14.0. The molecule has 0 heterocycles. The van der Waals surface area contributed by atoms with Gasteiger partial charge in [-0.1, -0.05) is 350 Å². The fourth-order valence-electron chi connectivity index (χ4n) is 11.8. The number of ether oxygens (including phenoxy) is 4. The molecular formula is C77H150O17P2. The molecule has 0 rings (SSSR count). The van der Waals surface area contributed by atoms with Crippen LogP contribution < -0.4 is 0 Å². The van der Waals surface area contributed by atoms with Crippen LogP contribution in [0.2, 0.25) is 0 Å². The van der Waals surface area contributed by atoms with Gasteiger partial charge in [0, 0.05) is 25.7 Å². The van der Waals surface area contributed by atoms with Crippen LogP contribution in [-0.4, -0.2) is 96.7 Å². The number of esters is 4. The molecule has 17 nitrogen and oxygen atoms in total. The van der Waals surface area contributed by atoms with Gasteiger partial charge in [-0.15, -0.1) is 0 Å². The zero-order chi connectivity index (χ0) is 70.7. The van der Waals surface area contributed by atoms with Crippen molar-refractivity contribution in [2.45, 2.75) is 419 Å². The first-order valence-corrected chi connectivity index (χ1v) is 43.0. The molecule has 0 bridgehead atoms. The number of unbranched alkanes of at least 4 members (excludes halogenated alkanes) is 46. The highest BCUT2D eigenvalue weighted by atomic mass is 31.2. The number of hydrogen-bond acceptors (Lipinski definition) is 15. The molecule has 0 aromatic rings. The molecule has 0 spiro atoms. The van der Waals surface area contributed by atoms with Gasteiger partial charge >= 0.3 is 39.5 Å². The Bertz CT molecular complexity index is 1860. The number of hydrogen-bond donors (Lipinski definition) is 3. The average molecular weight is 1410 g/mol. The van der Waals surface area contributed by atoms with Gasteiger partial charge in [0.1, 0.15) is 19.3 Å². The van der Waals surface area contributed by atoms with Crippen molar-refractivity contribution in [3.05, 3.63) is 0 Å². The fraction of sp³-hybridized carbons (Fsp3) is 0.948. The molecule has 0 radical (unpaired) electrons. The Morgan fingerprint density at radius 2 is 0.479 bits per heavy atom. The zero-order valence-corrected chi connectivity index (χ0v) is 64.5. The standard InChI is InChI=1S/C77H150O17P2/c1-7-9-11-13-15-17-19-30-37-43-49-55-61-76(81)93-72(65-87-74(79)59-53-47-41-35-18-16-14-12-10-8-2)67-91-95(83,84)89-63-71(78)64-90-96(85,86)92-68-73(94-77(82)62-56-50-44-38-32-27-23-21-25-29-34-40-46-52-58-70(5)6)66-88-75(80)60-54-48-42-36-31-26-22-20-24-28-33-39-45-51-57-69(3)4/h69-73,78H,7-68H2,1-6H3,(H,83,84)(H,85,86)/t71-,72+,73+/m0/s1. The number of phosphoric acid groups is 2. The van der Waals surface area contributed by atoms with E-state index < -0.39 is 97.5 Å². The minimum atomic E-state index is -4.96. The smallest absolute Gasteiger partial charge is 0.462 e. The minimum absolute atomic E-state index is 0.108. The van der Waals surface area contributed by atoms with Gasteiger partial charge in [0.15, 0.2) is 12.2 Å². The summed E-state index contributed by atoms with van der Waals surface area (Å²) in [5, 5.41) is 10.6. The summed E-state index contributed by atoms with van der Waals surface area (Å²) in [6.07, 6.45) is 56.7. The highest BCUT2D eigenvalue weighted by Gasteiger charge is 2.30. The molecule has 5 atom stereocenters. The molecule has 0 aliphatic carbocycles. The monoisotopic (exact) mass is 1410 g/mol. The summed E-state index contributed by atoms with van der Waals surface area (Å²) in [6.45, 7) is 9.65. The third-order valence-corrected chi connectivity index (χ3v) is 19.9. The third-order valence-electron chi connectivity index (χ3n) is 18.0. The number of aliphatic hydroxyl groups excluding tert-OH is 1. The quantitative estimate of drug-likeness (QED) is 0.0222. The van der Waals surface area contributed by atoms with Crippen LogP contribution in [0.4, 0.5) is 0 Å².